The van der Waals surface area contributed by atoms with Crippen molar-refractivity contribution >= 4 is 11.6 Å². The highest BCUT2D eigenvalue weighted by molar-refractivity contribution is 5.77. The maximum Gasteiger partial charge on any atom is 0.269 e. The second-order valence-electron chi connectivity index (χ2n) is 7.23. The summed E-state index contributed by atoms with van der Waals surface area (Å²) >= 11 is 0. The molecule has 3 rings (SSSR count). The first-order valence-electron chi connectivity index (χ1n) is 10.1. The lowest BCUT2D eigenvalue weighted by molar-refractivity contribution is -0.384. The molecule has 8 nitrogen and oxygen atoms in total. The van der Waals surface area contributed by atoms with Gasteiger partial charge in [0, 0.05) is 18.7 Å². The molecule has 1 aliphatic rings. The minimum Gasteiger partial charge on any atom is -0.497 e. The number of carbonyl (C=O) groups excluding carboxylic acids is 1. The van der Waals surface area contributed by atoms with Crippen LogP contribution in [0.4, 0.5) is 5.69 Å². The third-order valence-electron chi connectivity index (χ3n) is 5.24. The number of benzene rings is 2. The summed E-state index contributed by atoms with van der Waals surface area (Å²) in [7, 11) is 1.64. The third-order valence-corrected chi connectivity index (χ3v) is 5.24. The average molecular weight is 413 g/mol. The molecule has 0 aromatic heterocycles. The summed E-state index contributed by atoms with van der Waals surface area (Å²) in [5, 5.41) is 13.7. The Hall–Kier alpha value is -3.13. The number of hydrogen-bond acceptors (Lipinski definition) is 6. The molecule has 160 valence electrons. The second-order valence-corrected chi connectivity index (χ2v) is 7.23. The monoisotopic (exact) mass is 413 g/mol. The van der Waals surface area contributed by atoms with Crippen molar-refractivity contribution in [2.24, 2.45) is 0 Å². The Kier molecular flexibility index (Phi) is 7.62. The normalized spacial score (nSPS) is 15.2. The molecule has 2 aromatic rings. The van der Waals surface area contributed by atoms with Gasteiger partial charge in [-0.3, -0.25) is 19.8 Å². The smallest absolute Gasteiger partial charge is 0.269 e. The van der Waals surface area contributed by atoms with E-state index in [4.69, 9.17) is 9.47 Å². The zero-order chi connectivity index (χ0) is 21.3. The van der Waals surface area contributed by atoms with Crippen LogP contribution in [0.2, 0.25) is 0 Å². The van der Waals surface area contributed by atoms with Crippen LogP contribution in [0.3, 0.4) is 0 Å². The second kappa shape index (κ2) is 10.6. The van der Waals surface area contributed by atoms with Crippen molar-refractivity contribution in [3.63, 3.8) is 0 Å². The van der Waals surface area contributed by atoms with Crippen LogP contribution in [0.5, 0.6) is 11.5 Å². The van der Waals surface area contributed by atoms with Crippen molar-refractivity contribution in [3.05, 3.63) is 64.2 Å². The van der Waals surface area contributed by atoms with Crippen LogP contribution in [-0.2, 0) is 4.79 Å². The van der Waals surface area contributed by atoms with Gasteiger partial charge in [-0.05, 0) is 55.8 Å². The summed E-state index contributed by atoms with van der Waals surface area (Å²) in [5.74, 6) is 0.985. The summed E-state index contributed by atoms with van der Waals surface area (Å²) < 4.78 is 10.7. The Morgan fingerprint density at radius 3 is 2.30 bits per heavy atom. The van der Waals surface area contributed by atoms with Crippen molar-refractivity contribution < 1.29 is 19.2 Å². The SMILES string of the molecule is COc1ccc([C@@H](CNC(=O)COc2ccc([N+](=O)[O-])cc2)N2CCCCC2)cc1. The molecule has 0 saturated carbocycles. The highest BCUT2D eigenvalue weighted by Crippen LogP contribution is 2.26. The van der Waals surface area contributed by atoms with E-state index in [0.29, 0.717) is 12.3 Å². The Bertz CT molecular complexity index is 833. The molecule has 0 bridgehead atoms. The maximum atomic E-state index is 12.3. The van der Waals surface area contributed by atoms with Gasteiger partial charge in [-0.2, -0.15) is 0 Å². The molecular formula is C22H27N3O5. The first-order valence-corrected chi connectivity index (χ1v) is 10.1. The molecule has 0 aliphatic carbocycles. The van der Waals surface area contributed by atoms with E-state index in [2.05, 4.69) is 10.2 Å². The number of likely N-dealkylation sites (tertiary alicyclic amines) is 1. The molecule has 1 aliphatic heterocycles. The molecule has 1 fully saturated rings. The quantitative estimate of drug-likeness (QED) is 0.501. The van der Waals surface area contributed by atoms with Gasteiger partial charge in [0.1, 0.15) is 11.5 Å². The molecule has 30 heavy (non-hydrogen) atoms. The van der Waals surface area contributed by atoms with Gasteiger partial charge >= 0.3 is 0 Å². The zero-order valence-electron chi connectivity index (χ0n) is 17.1. The van der Waals surface area contributed by atoms with Gasteiger partial charge in [-0.25, -0.2) is 0 Å². The number of amides is 1. The van der Waals surface area contributed by atoms with E-state index >= 15 is 0 Å². The van der Waals surface area contributed by atoms with Crippen LogP contribution in [0.15, 0.2) is 48.5 Å². The Morgan fingerprint density at radius 2 is 1.70 bits per heavy atom. The van der Waals surface area contributed by atoms with Crippen LogP contribution >= 0.6 is 0 Å². The Morgan fingerprint density at radius 1 is 1.07 bits per heavy atom. The third kappa shape index (κ3) is 5.93. The maximum absolute atomic E-state index is 12.3. The van der Waals surface area contributed by atoms with E-state index < -0.39 is 4.92 Å². The van der Waals surface area contributed by atoms with Crippen molar-refractivity contribution in [1.29, 1.82) is 0 Å². The number of ether oxygens (including phenoxy) is 2. The summed E-state index contributed by atoms with van der Waals surface area (Å²) in [6, 6.07) is 13.7. The first-order chi connectivity index (χ1) is 14.6. The van der Waals surface area contributed by atoms with Crippen molar-refractivity contribution in [1.82, 2.24) is 10.2 Å². The lowest BCUT2D eigenvalue weighted by Gasteiger charge is -2.35. The molecule has 0 radical (unpaired) electrons. The molecule has 8 heteroatoms. The minimum absolute atomic E-state index is 0.0179. The first kappa shape index (κ1) is 21.6. The highest BCUT2D eigenvalue weighted by atomic mass is 16.6. The average Bonchev–Trinajstić information content (AvgIpc) is 2.79. The highest BCUT2D eigenvalue weighted by Gasteiger charge is 2.23. The molecule has 0 spiro atoms. The van der Waals surface area contributed by atoms with E-state index in [0.717, 1.165) is 37.2 Å². The summed E-state index contributed by atoms with van der Waals surface area (Å²) in [6.07, 6.45) is 3.55. The Labute approximate surface area is 175 Å². The number of piperidine rings is 1. The zero-order valence-corrected chi connectivity index (χ0v) is 17.1. The van der Waals surface area contributed by atoms with Crippen molar-refractivity contribution in [3.8, 4) is 11.5 Å². The van der Waals surface area contributed by atoms with Gasteiger partial charge < -0.3 is 14.8 Å². The van der Waals surface area contributed by atoms with Crippen molar-refractivity contribution in [2.45, 2.75) is 25.3 Å². The van der Waals surface area contributed by atoms with E-state index in [1.807, 2.05) is 24.3 Å². The number of nitrogens with one attached hydrogen (secondary N) is 1. The number of nitro benzene ring substituents is 1. The molecule has 1 saturated heterocycles. The van der Waals surface area contributed by atoms with Gasteiger partial charge in [0.15, 0.2) is 6.61 Å². The van der Waals surface area contributed by atoms with Gasteiger partial charge in [0.2, 0.25) is 0 Å². The van der Waals surface area contributed by atoms with E-state index in [1.165, 1.54) is 30.7 Å². The van der Waals surface area contributed by atoms with E-state index in [-0.39, 0.29) is 24.2 Å². The topological polar surface area (TPSA) is 93.9 Å². The fourth-order valence-corrected chi connectivity index (χ4v) is 3.59. The predicted octanol–water partition coefficient (Wildman–Crippen LogP) is 3.33. The molecule has 1 amide bonds. The molecule has 1 N–H and O–H groups in total. The lowest BCUT2D eigenvalue weighted by Crippen LogP contribution is -2.41. The Balaban J connectivity index is 1.57. The lowest BCUT2D eigenvalue weighted by atomic mass is 10.0. The van der Waals surface area contributed by atoms with Crippen LogP contribution in [0.1, 0.15) is 30.9 Å². The molecule has 1 heterocycles. The summed E-state index contributed by atoms with van der Waals surface area (Å²) in [6.45, 7) is 2.35. The molecule has 2 aromatic carbocycles. The standard InChI is InChI=1S/C22H27N3O5/c1-29-19-9-5-17(6-10-19)21(24-13-3-2-4-14-24)15-23-22(26)16-30-20-11-7-18(8-12-20)25(27)28/h5-12,21H,2-4,13-16H2,1H3,(H,23,26)/t21-/m1/s1. The van der Waals surface area contributed by atoms with Crippen LogP contribution in [0, 0.1) is 10.1 Å². The van der Waals surface area contributed by atoms with Crippen LogP contribution in [0.25, 0.3) is 0 Å². The minimum atomic E-state index is -0.476. The predicted molar refractivity (Wildman–Crippen MR) is 113 cm³/mol. The molecule has 1 atom stereocenters. The van der Waals surface area contributed by atoms with Gasteiger partial charge in [0.05, 0.1) is 18.1 Å². The number of methoxy groups -OCH3 is 1. The number of hydrogen-bond donors (Lipinski definition) is 1. The number of non-ortho nitro benzene ring substituents is 1. The van der Waals surface area contributed by atoms with Gasteiger partial charge in [0.25, 0.3) is 11.6 Å². The van der Waals surface area contributed by atoms with E-state index in [9.17, 15) is 14.9 Å². The van der Waals surface area contributed by atoms with Gasteiger partial charge in [-0.15, -0.1) is 0 Å². The molecular weight excluding hydrogens is 386 g/mol. The summed E-state index contributed by atoms with van der Waals surface area (Å²) in [4.78, 5) is 25.0. The molecule has 0 unspecified atom stereocenters. The van der Waals surface area contributed by atoms with Gasteiger partial charge in [-0.1, -0.05) is 18.6 Å². The van der Waals surface area contributed by atoms with E-state index in [1.54, 1.807) is 7.11 Å². The number of nitrogens with zero attached hydrogens (tertiary/aromatic N) is 2. The fourth-order valence-electron chi connectivity index (χ4n) is 3.59. The summed E-state index contributed by atoms with van der Waals surface area (Å²) in [5.41, 5.74) is 1.12. The number of rotatable bonds is 9. The van der Waals surface area contributed by atoms with Crippen molar-refractivity contribution in [2.75, 3.05) is 33.4 Å². The number of nitro groups is 1. The fraction of sp³-hybridized carbons (Fsp3) is 0.409. The number of carbonyl (C=O) groups is 1. The van der Waals surface area contributed by atoms with Crippen LogP contribution < -0.4 is 14.8 Å². The van der Waals surface area contributed by atoms with Crippen LogP contribution in [-0.4, -0.2) is 49.1 Å². The largest absolute Gasteiger partial charge is 0.497 e.